The lowest BCUT2D eigenvalue weighted by molar-refractivity contribution is -0.218. The second-order valence-corrected chi connectivity index (χ2v) is 19.8. The number of aliphatic hydroxyl groups is 1. The molecule has 0 amide bonds. The average Bonchev–Trinajstić information content (AvgIpc) is 3.55. The van der Waals surface area contributed by atoms with Crippen molar-refractivity contribution < 1.29 is 14.6 Å². The van der Waals surface area contributed by atoms with Gasteiger partial charge in [0, 0.05) is 5.54 Å². The third kappa shape index (κ3) is 6.13. The first kappa shape index (κ1) is 37.4. The van der Waals surface area contributed by atoms with Crippen molar-refractivity contribution in [3.8, 4) is 0 Å². The minimum Gasteiger partial charge on any atom is -0.461 e. The van der Waals surface area contributed by atoms with Crippen molar-refractivity contribution in [2.75, 3.05) is 6.54 Å². The number of esters is 1. The fraction of sp³-hybridized carbons (Fsp3) is 0.766. The molecule has 0 bridgehead atoms. The lowest BCUT2D eigenvalue weighted by Crippen LogP contribution is -2.67. The molecule has 0 aliphatic heterocycles. The fourth-order valence-electron chi connectivity index (χ4n) is 14.3. The van der Waals surface area contributed by atoms with E-state index in [2.05, 4.69) is 65.9 Å². The predicted molar refractivity (Wildman–Crippen MR) is 209 cm³/mol. The SMILES string of the molecule is CCC(O)(CC)CCN[C@]12CCC[C@@H]1[C@H]1CCC3[C@@]4(C)CC=C(C5=CC[C@H](C(=O)OCc6ccccc6)CC5)C(C)(C)C4CC[C@@]3(C)[C@]1(C)CC2. The Morgan fingerprint density at radius 3 is 2.33 bits per heavy atom. The number of hydrogen-bond donors (Lipinski definition) is 2. The highest BCUT2D eigenvalue weighted by atomic mass is 16.5. The van der Waals surface area contributed by atoms with Crippen molar-refractivity contribution >= 4 is 5.97 Å². The lowest BCUT2D eigenvalue weighted by Gasteiger charge is -2.72. The third-order valence-corrected chi connectivity index (χ3v) is 17.6. The smallest absolute Gasteiger partial charge is 0.309 e. The van der Waals surface area contributed by atoms with Crippen molar-refractivity contribution in [2.24, 2.45) is 51.2 Å². The molecule has 0 radical (unpaired) electrons. The van der Waals surface area contributed by atoms with Gasteiger partial charge in [-0.05, 0) is 165 Å². The standard InChI is InChI=1S/C47H71NO3/c1-8-46(50,9-2)30-31-48-47-25-13-16-38(47)37-21-22-40-43(5)26-23-36(42(3,4)39(43)24-27-45(40,7)44(37,6)28-29-47)34-17-19-35(20-18-34)41(49)51-32-33-14-11-10-12-15-33/h10-12,14-15,17,23,35,37-40,48,50H,8-9,13,16,18-22,24-32H2,1-7H3/t35-,37+,38+,39?,40?,43-,44+,45+,47-/m0/s1. The van der Waals surface area contributed by atoms with E-state index >= 15 is 0 Å². The van der Waals surface area contributed by atoms with E-state index in [0.717, 1.165) is 68.4 Å². The Labute approximate surface area is 311 Å². The van der Waals surface area contributed by atoms with Crippen LogP contribution in [-0.2, 0) is 16.1 Å². The zero-order valence-electron chi connectivity index (χ0n) is 33.4. The maximum absolute atomic E-state index is 13.0. The number of carbonyl (C=O) groups excluding carboxylic acids is 1. The second-order valence-electron chi connectivity index (χ2n) is 19.8. The molecule has 0 aromatic heterocycles. The molecule has 51 heavy (non-hydrogen) atoms. The molecule has 4 nitrogen and oxygen atoms in total. The molecule has 7 rings (SSSR count). The van der Waals surface area contributed by atoms with Crippen LogP contribution in [0.25, 0.3) is 0 Å². The van der Waals surface area contributed by atoms with Gasteiger partial charge in [0.1, 0.15) is 6.61 Å². The molecule has 0 spiro atoms. The van der Waals surface area contributed by atoms with Gasteiger partial charge in [0.25, 0.3) is 0 Å². The number of benzene rings is 1. The van der Waals surface area contributed by atoms with Gasteiger partial charge < -0.3 is 15.2 Å². The number of rotatable bonds is 10. The minimum absolute atomic E-state index is 0.0263. The molecule has 6 aliphatic rings. The summed E-state index contributed by atoms with van der Waals surface area (Å²) in [5.74, 6) is 2.97. The van der Waals surface area contributed by atoms with E-state index < -0.39 is 5.60 Å². The summed E-state index contributed by atoms with van der Waals surface area (Å²) in [7, 11) is 0. The van der Waals surface area contributed by atoms with Gasteiger partial charge in [0.05, 0.1) is 11.5 Å². The molecule has 4 saturated carbocycles. The molecule has 0 heterocycles. The molecule has 9 atom stereocenters. The minimum atomic E-state index is -0.519. The summed E-state index contributed by atoms with van der Waals surface area (Å²) in [5, 5.41) is 15.2. The second kappa shape index (κ2) is 13.7. The van der Waals surface area contributed by atoms with Crippen molar-refractivity contribution in [2.45, 2.75) is 169 Å². The summed E-state index contributed by atoms with van der Waals surface area (Å²) in [6, 6.07) is 10.0. The maximum Gasteiger partial charge on any atom is 0.309 e. The summed E-state index contributed by atoms with van der Waals surface area (Å²) >= 11 is 0. The Balaban J connectivity index is 1.05. The zero-order chi connectivity index (χ0) is 36.3. The highest BCUT2D eigenvalue weighted by Gasteiger charge is 2.69. The van der Waals surface area contributed by atoms with Crippen molar-refractivity contribution in [3.63, 3.8) is 0 Å². The fourth-order valence-corrected chi connectivity index (χ4v) is 14.3. The van der Waals surface area contributed by atoms with Gasteiger partial charge in [-0.15, -0.1) is 0 Å². The quantitative estimate of drug-likeness (QED) is 0.239. The van der Waals surface area contributed by atoms with E-state index in [1.165, 1.54) is 69.8 Å². The van der Waals surface area contributed by atoms with Crippen LogP contribution >= 0.6 is 0 Å². The van der Waals surface area contributed by atoms with E-state index in [9.17, 15) is 9.90 Å². The summed E-state index contributed by atoms with van der Waals surface area (Å²) in [6.07, 6.45) is 23.8. The Morgan fingerprint density at radius 1 is 0.863 bits per heavy atom. The number of allylic oxidation sites excluding steroid dienone is 4. The van der Waals surface area contributed by atoms with Crippen LogP contribution in [-0.4, -0.2) is 28.8 Å². The molecule has 1 aromatic carbocycles. The van der Waals surface area contributed by atoms with Gasteiger partial charge in [-0.25, -0.2) is 0 Å². The lowest BCUT2D eigenvalue weighted by atomic mass is 9.33. The summed E-state index contributed by atoms with van der Waals surface area (Å²) in [5.41, 5.74) is 5.13. The molecule has 282 valence electrons. The normalized spacial score (nSPS) is 40.2. The van der Waals surface area contributed by atoms with Crippen LogP contribution in [0.1, 0.15) is 157 Å². The molecule has 4 heteroatoms. The van der Waals surface area contributed by atoms with E-state index in [4.69, 9.17) is 4.74 Å². The summed E-state index contributed by atoms with van der Waals surface area (Å²) in [6.45, 7) is 19.0. The molecule has 4 fully saturated rings. The molecular formula is C47H71NO3. The number of fused-ring (bicyclic) bond motifs is 7. The van der Waals surface area contributed by atoms with Crippen LogP contribution in [0.15, 0.2) is 53.6 Å². The first-order valence-corrected chi connectivity index (χ1v) is 21.3. The first-order chi connectivity index (χ1) is 24.3. The van der Waals surface area contributed by atoms with Crippen LogP contribution in [0.3, 0.4) is 0 Å². The molecule has 0 saturated heterocycles. The van der Waals surface area contributed by atoms with E-state index in [-0.39, 0.29) is 22.8 Å². The van der Waals surface area contributed by atoms with Crippen LogP contribution in [0.2, 0.25) is 0 Å². The Hall–Kier alpha value is -1.91. The van der Waals surface area contributed by atoms with E-state index in [0.29, 0.717) is 28.8 Å². The van der Waals surface area contributed by atoms with Crippen LogP contribution in [0, 0.1) is 51.2 Å². The predicted octanol–water partition coefficient (Wildman–Crippen LogP) is 11.1. The molecule has 1 aromatic rings. The topological polar surface area (TPSA) is 58.6 Å². The van der Waals surface area contributed by atoms with Crippen molar-refractivity contribution in [1.82, 2.24) is 5.32 Å². The largest absolute Gasteiger partial charge is 0.461 e. The molecular weight excluding hydrogens is 627 g/mol. The summed E-state index contributed by atoms with van der Waals surface area (Å²) in [4.78, 5) is 13.0. The van der Waals surface area contributed by atoms with Gasteiger partial charge in [0.15, 0.2) is 0 Å². The molecule has 2 N–H and O–H groups in total. The van der Waals surface area contributed by atoms with E-state index in [1.54, 1.807) is 5.57 Å². The van der Waals surface area contributed by atoms with Gasteiger partial charge >= 0.3 is 5.97 Å². The number of hydrogen-bond acceptors (Lipinski definition) is 4. The average molecular weight is 698 g/mol. The Bertz CT molecular complexity index is 1490. The number of carbonyl (C=O) groups is 1. The van der Waals surface area contributed by atoms with Gasteiger partial charge in [-0.2, -0.15) is 0 Å². The van der Waals surface area contributed by atoms with Gasteiger partial charge in [-0.1, -0.05) is 97.4 Å². The number of ether oxygens (including phenoxy) is 1. The van der Waals surface area contributed by atoms with Crippen LogP contribution < -0.4 is 5.32 Å². The van der Waals surface area contributed by atoms with Crippen molar-refractivity contribution in [3.05, 3.63) is 59.2 Å². The van der Waals surface area contributed by atoms with Crippen LogP contribution in [0.4, 0.5) is 0 Å². The third-order valence-electron chi connectivity index (χ3n) is 17.6. The molecule has 6 aliphatic carbocycles. The zero-order valence-corrected chi connectivity index (χ0v) is 33.4. The van der Waals surface area contributed by atoms with Crippen LogP contribution in [0.5, 0.6) is 0 Å². The van der Waals surface area contributed by atoms with Crippen molar-refractivity contribution in [1.29, 1.82) is 0 Å². The van der Waals surface area contributed by atoms with Gasteiger partial charge in [0.2, 0.25) is 0 Å². The molecule has 2 unspecified atom stereocenters. The first-order valence-electron chi connectivity index (χ1n) is 21.3. The Kier molecular flexibility index (Phi) is 10.1. The van der Waals surface area contributed by atoms with Gasteiger partial charge in [-0.3, -0.25) is 4.79 Å². The summed E-state index contributed by atoms with van der Waals surface area (Å²) < 4.78 is 5.75. The Morgan fingerprint density at radius 2 is 1.63 bits per heavy atom. The number of nitrogens with one attached hydrogen (secondary N) is 1. The highest BCUT2D eigenvalue weighted by Crippen LogP contribution is 2.76. The monoisotopic (exact) mass is 698 g/mol. The maximum atomic E-state index is 13.0. The van der Waals surface area contributed by atoms with E-state index in [1.807, 2.05) is 30.3 Å². The highest BCUT2D eigenvalue weighted by molar-refractivity contribution is 5.73.